The van der Waals surface area contributed by atoms with Crippen LogP contribution < -0.4 is 11.1 Å². The Hall–Kier alpha value is -3.40. The summed E-state index contributed by atoms with van der Waals surface area (Å²) in [5.41, 5.74) is 8.89. The number of aryl methyl sites for hydroxylation is 1. The summed E-state index contributed by atoms with van der Waals surface area (Å²) in [6.07, 6.45) is 6.68. The van der Waals surface area contributed by atoms with Crippen molar-refractivity contribution >= 4 is 23.0 Å². The lowest BCUT2D eigenvalue weighted by Crippen LogP contribution is -2.55. The number of carbonyl (C=O) groups is 2. The minimum atomic E-state index is -1.02. The van der Waals surface area contributed by atoms with Crippen LogP contribution in [0.4, 0.5) is 5.69 Å². The Labute approximate surface area is 186 Å². The van der Waals surface area contributed by atoms with Gasteiger partial charge in [0, 0.05) is 55.1 Å². The van der Waals surface area contributed by atoms with E-state index in [0.29, 0.717) is 30.8 Å². The number of nitrogens with two attached hydrogens (primary N) is 1. The molecule has 4 N–H and O–H groups in total. The largest absolute Gasteiger partial charge is 0.384 e. The average molecular weight is 440 g/mol. The predicted octanol–water partition coefficient (Wildman–Crippen LogP) is 1.25. The first-order chi connectivity index (χ1) is 15.1. The van der Waals surface area contributed by atoms with Crippen molar-refractivity contribution in [3.05, 3.63) is 36.4 Å². The van der Waals surface area contributed by atoms with Crippen LogP contribution in [0.5, 0.6) is 0 Å². The van der Waals surface area contributed by atoms with Gasteiger partial charge in [-0.3, -0.25) is 14.3 Å². The van der Waals surface area contributed by atoms with E-state index in [2.05, 4.69) is 29.4 Å². The Morgan fingerprint density at radius 1 is 1.25 bits per heavy atom. The maximum Gasteiger partial charge on any atom is 0.252 e. The van der Waals surface area contributed by atoms with Crippen molar-refractivity contribution in [2.24, 2.45) is 18.2 Å². The van der Waals surface area contributed by atoms with Gasteiger partial charge in [-0.1, -0.05) is 13.8 Å². The minimum Gasteiger partial charge on any atom is -0.384 e. The molecule has 1 fully saturated rings. The molecule has 2 amide bonds. The van der Waals surface area contributed by atoms with E-state index in [1.807, 2.05) is 25.5 Å². The van der Waals surface area contributed by atoms with Gasteiger partial charge in [-0.25, -0.2) is 4.52 Å². The van der Waals surface area contributed by atoms with Crippen LogP contribution in [-0.2, 0) is 11.8 Å². The first kappa shape index (κ1) is 21.8. The number of aliphatic hydroxyl groups is 1. The highest BCUT2D eigenvalue weighted by Gasteiger charge is 2.39. The van der Waals surface area contributed by atoms with E-state index in [0.717, 1.165) is 16.6 Å². The number of amides is 2. The maximum atomic E-state index is 12.3. The first-order valence-corrected chi connectivity index (χ1v) is 10.6. The van der Waals surface area contributed by atoms with Crippen LogP contribution >= 0.6 is 0 Å². The summed E-state index contributed by atoms with van der Waals surface area (Å²) >= 11 is 0. The number of primary amides is 1. The minimum absolute atomic E-state index is 0.0263. The maximum absolute atomic E-state index is 12.3. The number of piperidine rings is 1. The number of nitrogens with one attached hydrogen (secondary N) is 1. The van der Waals surface area contributed by atoms with Crippen molar-refractivity contribution in [1.82, 2.24) is 24.3 Å². The average Bonchev–Trinajstić information content (AvgIpc) is 3.34. The second kappa shape index (κ2) is 7.94. The van der Waals surface area contributed by atoms with Gasteiger partial charge in [-0.2, -0.15) is 10.2 Å². The Bertz CT molecular complexity index is 1180. The van der Waals surface area contributed by atoms with E-state index in [4.69, 9.17) is 5.73 Å². The summed E-state index contributed by atoms with van der Waals surface area (Å²) in [6.45, 7) is 6.62. The molecule has 0 spiro atoms. The molecule has 32 heavy (non-hydrogen) atoms. The number of fused-ring (bicyclic) bond motifs is 1. The van der Waals surface area contributed by atoms with E-state index >= 15 is 0 Å². The van der Waals surface area contributed by atoms with E-state index < -0.39 is 12.0 Å². The van der Waals surface area contributed by atoms with Crippen molar-refractivity contribution in [2.45, 2.75) is 39.3 Å². The highest BCUT2D eigenvalue weighted by molar-refractivity contribution is 6.02. The molecule has 4 heterocycles. The van der Waals surface area contributed by atoms with Crippen molar-refractivity contribution in [3.8, 4) is 11.1 Å². The Kier molecular flexibility index (Phi) is 5.41. The van der Waals surface area contributed by atoms with Gasteiger partial charge in [-0.05, 0) is 19.4 Å². The third kappa shape index (κ3) is 3.93. The molecule has 1 saturated heterocycles. The zero-order chi connectivity index (χ0) is 23.2. The van der Waals surface area contributed by atoms with Crippen molar-refractivity contribution in [2.75, 3.05) is 18.4 Å². The molecule has 170 valence electrons. The molecule has 0 radical (unpaired) electrons. The third-order valence-electron chi connectivity index (χ3n) is 6.16. The van der Waals surface area contributed by atoms with Crippen LogP contribution in [0.15, 0.2) is 30.9 Å². The molecule has 0 aliphatic carbocycles. The molecular weight excluding hydrogens is 410 g/mol. The topological polar surface area (TPSA) is 131 Å². The van der Waals surface area contributed by atoms with Gasteiger partial charge >= 0.3 is 0 Å². The standard InChI is InChI=1S/C22H29N7O3/c1-13(30)21(32)28-6-5-18(22(2,3)12-28)26-19-16(20(23)31)9-25-29-11-14(7-17(19)29)15-8-24-27(4)10-15/h7-11,13,18,26,30H,5-6,12H2,1-4H3,(H2,23,31)/t13-,18-/m1/s1. The Balaban J connectivity index is 1.70. The third-order valence-corrected chi connectivity index (χ3v) is 6.16. The number of aliphatic hydroxyl groups excluding tert-OH is 1. The molecule has 4 rings (SSSR count). The van der Waals surface area contributed by atoms with Crippen molar-refractivity contribution in [3.63, 3.8) is 0 Å². The fraction of sp³-hybridized carbons (Fsp3) is 0.455. The van der Waals surface area contributed by atoms with Crippen LogP contribution in [0.1, 0.15) is 37.6 Å². The van der Waals surface area contributed by atoms with Gasteiger partial charge in [0.05, 0.1) is 29.2 Å². The van der Waals surface area contributed by atoms with Crippen LogP contribution in [0.3, 0.4) is 0 Å². The highest BCUT2D eigenvalue weighted by Crippen LogP contribution is 2.35. The van der Waals surface area contributed by atoms with Crippen molar-refractivity contribution < 1.29 is 14.7 Å². The number of carbonyl (C=O) groups excluding carboxylic acids is 2. The summed E-state index contributed by atoms with van der Waals surface area (Å²) < 4.78 is 3.44. The number of aromatic nitrogens is 4. The molecule has 10 nitrogen and oxygen atoms in total. The van der Waals surface area contributed by atoms with Gasteiger partial charge in [-0.15, -0.1) is 0 Å². The first-order valence-electron chi connectivity index (χ1n) is 10.6. The second-order valence-corrected chi connectivity index (χ2v) is 9.17. The summed E-state index contributed by atoms with van der Waals surface area (Å²) in [5.74, 6) is -0.834. The highest BCUT2D eigenvalue weighted by atomic mass is 16.3. The molecule has 0 bridgehead atoms. The molecule has 2 atom stereocenters. The van der Waals surface area contributed by atoms with Crippen molar-refractivity contribution in [1.29, 1.82) is 0 Å². The summed E-state index contributed by atoms with van der Waals surface area (Å²) in [6, 6.07) is 1.93. The van der Waals surface area contributed by atoms with Crippen LogP contribution in [0.25, 0.3) is 16.6 Å². The molecule has 10 heteroatoms. The monoisotopic (exact) mass is 439 g/mol. The Morgan fingerprint density at radius 3 is 2.59 bits per heavy atom. The molecule has 0 unspecified atom stereocenters. The zero-order valence-corrected chi connectivity index (χ0v) is 18.7. The molecular formula is C22H29N7O3. The Morgan fingerprint density at radius 2 is 2.00 bits per heavy atom. The lowest BCUT2D eigenvalue weighted by atomic mass is 9.78. The summed E-state index contributed by atoms with van der Waals surface area (Å²) in [7, 11) is 1.85. The quantitative estimate of drug-likeness (QED) is 0.548. The normalized spacial score (nSPS) is 19.2. The molecule has 0 saturated carbocycles. The van der Waals surface area contributed by atoms with Gasteiger partial charge < -0.3 is 21.1 Å². The number of nitrogens with zero attached hydrogens (tertiary/aromatic N) is 5. The fourth-order valence-corrected chi connectivity index (χ4v) is 4.37. The zero-order valence-electron chi connectivity index (χ0n) is 18.7. The fourth-order valence-electron chi connectivity index (χ4n) is 4.37. The second-order valence-electron chi connectivity index (χ2n) is 9.17. The molecule has 3 aromatic rings. The van der Waals surface area contributed by atoms with Crippen LogP contribution in [0, 0.1) is 5.41 Å². The number of hydrogen-bond acceptors (Lipinski definition) is 6. The lowest BCUT2D eigenvalue weighted by molar-refractivity contribution is -0.142. The predicted molar refractivity (Wildman–Crippen MR) is 120 cm³/mol. The van der Waals surface area contributed by atoms with Gasteiger partial charge in [0.25, 0.3) is 11.8 Å². The van der Waals surface area contributed by atoms with E-state index in [1.165, 1.54) is 13.1 Å². The van der Waals surface area contributed by atoms with E-state index in [-0.39, 0.29) is 17.4 Å². The lowest BCUT2D eigenvalue weighted by Gasteiger charge is -2.45. The van der Waals surface area contributed by atoms with E-state index in [1.54, 1.807) is 20.3 Å². The van der Waals surface area contributed by atoms with Gasteiger partial charge in [0.1, 0.15) is 6.10 Å². The number of rotatable bonds is 5. The summed E-state index contributed by atoms with van der Waals surface area (Å²) in [5, 5.41) is 21.8. The van der Waals surface area contributed by atoms with Gasteiger partial charge in [0.2, 0.25) is 0 Å². The molecule has 1 aliphatic rings. The van der Waals surface area contributed by atoms with Crippen LogP contribution in [0.2, 0.25) is 0 Å². The number of anilines is 1. The SMILES string of the molecule is C[C@@H](O)C(=O)N1CC[C@@H](Nc2c(C(N)=O)cnn3cc(-c4cnn(C)c4)cc23)C(C)(C)C1. The molecule has 1 aliphatic heterocycles. The number of hydrogen-bond donors (Lipinski definition) is 3. The summed E-state index contributed by atoms with van der Waals surface area (Å²) in [4.78, 5) is 26.2. The molecule has 3 aromatic heterocycles. The molecule has 0 aromatic carbocycles. The van der Waals surface area contributed by atoms with Gasteiger partial charge in [0.15, 0.2) is 0 Å². The number of likely N-dealkylation sites (tertiary alicyclic amines) is 1. The smallest absolute Gasteiger partial charge is 0.252 e. The van der Waals surface area contributed by atoms with Crippen LogP contribution in [-0.4, -0.2) is 66.5 Å². The van der Waals surface area contributed by atoms with E-state index in [9.17, 15) is 14.7 Å².